The van der Waals surface area contributed by atoms with Crippen molar-refractivity contribution < 1.29 is 14.3 Å². The minimum Gasteiger partial charge on any atom is -0.467 e. The third-order valence-electron chi connectivity index (χ3n) is 2.31. The predicted octanol–water partition coefficient (Wildman–Crippen LogP) is 2.68. The average molecular weight is 302 g/mol. The molecule has 0 unspecified atom stereocenters. The molecule has 0 saturated carbocycles. The van der Waals surface area contributed by atoms with Gasteiger partial charge in [-0.2, -0.15) is 0 Å². The molecule has 0 aromatic heterocycles. The molecule has 0 heterocycles. The summed E-state index contributed by atoms with van der Waals surface area (Å²) in [5.41, 5.74) is 0.548. The van der Waals surface area contributed by atoms with Crippen LogP contribution in [0.3, 0.4) is 0 Å². The van der Waals surface area contributed by atoms with Crippen LogP contribution < -0.4 is 5.32 Å². The van der Waals surface area contributed by atoms with E-state index in [1.165, 1.54) is 26.2 Å². The zero-order chi connectivity index (χ0) is 14.4. The van der Waals surface area contributed by atoms with Crippen molar-refractivity contribution in [2.24, 2.45) is 0 Å². The molecule has 6 heteroatoms. The van der Waals surface area contributed by atoms with Crippen LogP contribution in [0.15, 0.2) is 24.3 Å². The molecule has 0 saturated heterocycles. The van der Waals surface area contributed by atoms with Gasteiger partial charge in [0.1, 0.15) is 6.04 Å². The highest BCUT2D eigenvalue weighted by Gasteiger charge is 2.14. The van der Waals surface area contributed by atoms with E-state index >= 15 is 0 Å². The van der Waals surface area contributed by atoms with Crippen molar-refractivity contribution in [3.8, 4) is 0 Å². The van der Waals surface area contributed by atoms with E-state index in [2.05, 4.69) is 10.1 Å². The van der Waals surface area contributed by atoms with Crippen LogP contribution in [0.25, 0.3) is 6.08 Å². The predicted molar refractivity (Wildman–Crippen MR) is 75.1 cm³/mol. The van der Waals surface area contributed by atoms with Gasteiger partial charge in [0.15, 0.2) is 0 Å². The van der Waals surface area contributed by atoms with Gasteiger partial charge in [0.05, 0.1) is 7.11 Å². The van der Waals surface area contributed by atoms with E-state index < -0.39 is 17.9 Å². The van der Waals surface area contributed by atoms with Crippen LogP contribution in [0, 0.1) is 0 Å². The van der Waals surface area contributed by atoms with Gasteiger partial charge in [-0.25, -0.2) is 4.79 Å². The highest BCUT2D eigenvalue weighted by atomic mass is 35.5. The Bertz CT molecular complexity index is 494. The molecule has 4 nitrogen and oxygen atoms in total. The number of benzene rings is 1. The largest absolute Gasteiger partial charge is 0.467 e. The van der Waals surface area contributed by atoms with Gasteiger partial charge in [-0.1, -0.05) is 29.3 Å². The summed E-state index contributed by atoms with van der Waals surface area (Å²) in [7, 11) is 1.25. The first-order chi connectivity index (χ1) is 8.95. The zero-order valence-corrected chi connectivity index (χ0v) is 12.0. The molecule has 0 spiro atoms. The van der Waals surface area contributed by atoms with Crippen LogP contribution >= 0.6 is 23.2 Å². The number of hydrogen-bond donors (Lipinski definition) is 1. The fourth-order valence-electron chi connectivity index (χ4n) is 1.33. The quantitative estimate of drug-likeness (QED) is 0.687. The van der Waals surface area contributed by atoms with Gasteiger partial charge >= 0.3 is 5.97 Å². The monoisotopic (exact) mass is 301 g/mol. The average Bonchev–Trinajstić information content (AvgIpc) is 2.37. The molecule has 1 rings (SSSR count). The molecule has 102 valence electrons. The molecule has 1 amide bonds. The lowest BCUT2D eigenvalue weighted by Crippen LogP contribution is -2.38. The summed E-state index contributed by atoms with van der Waals surface area (Å²) >= 11 is 11.9. The second-order valence-electron chi connectivity index (χ2n) is 3.72. The summed E-state index contributed by atoms with van der Waals surface area (Å²) in [5.74, 6) is -0.952. The van der Waals surface area contributed by atoms with Gasteiger partial charge in [-0.3, -0.25) is 4.79 Å². The number of halogens is 2. The highest BCUT2D eigenvalue weighted by molar-refractivity contribution is 6.37. The molecule has 1 N–H and O–H groups in total. The number of rotatable bonds is 4. The van der Waals surface area contributed by atoms with Gasteiger partial charge in [-0.15, -0.1) is 0 Å². The second kappa shape index (κ2) is 7.16. The van der Waals surface area contributed by atoms with Gasteiger partial charge in [0.25, 0.3) is 0 Å². The molecule has 1 aromatic carbocycles. The maximum absolute atomic E-state index is 11.6. The third-order valence-corrected chi connectivity index (χ3v) is 2.97. The first-order valence-electron chi connectivity index (χ1n) is 5.46. The normalized spacial score (nSPS) is 12.2. The van der Waals surface area contributed by atoms with E-state index in [1.54, 1.807) is 18.2 Å². The number of amides is 1. The molecule has 0 aliphatic carbocycles. The Hall–Kier alpha value is -1.52. The van der Waals surface area contributed by atoms with E-state index in [9.17, 15) is 9.59 Å². The van der Waals surface area contributed by atoms with Crippen molar-refractivity contribution in [2.75, 3.05) is 7.11 Å². The molecule has 0 fully saturated rings. The lowest BCUT2D eigenvalue weighted by atomic mass is 10.2. The van der Waals surface area contributed by atoms with E-state index in [1.807, 2.05) is 0 Å². The third kappa shape index (κ3) is 4.58. The molecule has 0 aliphatic rings. The lowest BCUT2D eigenvalue weighted by molar-refractivity contribution is -0.144. The molecular weight excluding hydrogens is 289 g/mol. The number of nitrogens with one attached hydrogen (secondary N) is 1. The Kier molecular flexibility index (Phi) is 5.86. The maximum atomic E-state index is 11.6. The van der Waals surface area contributed by atoms with Crippen molar-refractivity contribution in [1.29, 1.82) is 0 Å². The van der Waals surface area contributed by atoms with E-state index in [4.69, 9.17) is 23.2 Å². The molecule has 19 heavy (non-hydrogen) atoms. The summed E-state index contributed by atoms with van der Waals surface area (Å²) < 4.78 is 4.49. The van der Waals surface area contributed by atoms with E-state index in [-0.39, 0.29) is 0 Å². The number of methoxy groups -OCH3 is 1. The highest BCUT2D eigenvalue weighted by Crippen LogP contribution is 2.25. The summed E-state index contributed by atoms with van der Waals surface area (Å²) in [6.07, 6.45) is 2.75. The van der Waals surface area contributed by atoms with Crippen molar-refractivity contribution in [3.63, 3.8) is 0 Å². The Labute approximate surface area is 121 Å². The van der Waals surface area contributed by atoms with Crippen LogP contribution in [0.5, 0.6) is 0 Å². The first kappa shape index (κ1) is 15.5. The summed E-state index contributed by atoms with van der Waals surface area (Å²) in [4.78, 5) is 22.7. The molecule has 0 radical (unpaired) electrons. The Morgan fingerprint density at radius 1 is 1.32 bits per heavy atom. The Morgan fingerprint density at radius 3 is 2.42 bits per heavy atom. The number of ether oxygens (including phenoxy) is 1. The standard InChI is InChI=1S/C13H13Cl2NO3/c1-8(13(18)19-2)16-12(17)7-6-9-10(14)4-3-5-11(9)15/h3-8H,1-2H3,(H,16,17)/b7-6+/t8-/m1/s1. The minimum absolute atomic E-state index is 0.436. The van der Waals surface area contributed by atoms with Crippen LogP contribution in [0.1, 0.15) is 12.5 Å². The molecule has 1 atom stereocenters. The smallest absolute Gasteiger partial charge is 0.328 e. The van der Waals surface area contributed by atoms with Gasteiger partial charge in [0, 0.05) is 21.7 Å². The van der Waals surface area contributed by atoms with Crippen LogP contribution in [0.2, 0.25) is 10.0 Å². The Balaban J connectivity index is 2.72. The topological polar surface area (TPSA) is 55.4 Å². The van der Waals surface area contributed by atoms with Gasteiger partial charge < -0.3 is 10.1 Å². The second-order valence-corrected chi connectivity index (χ2v) is 4.54. The summed E-state index contributed by atoms with van der Waals surface area (Å²) in [5, 5.41) is 3.34. The Morgan fingerprint density at radius 2 is 1.89 bits per heavy atom. The van der Waals surface area contributed by atoms with Crippen LogP contribution in [-0.4, -0.2) is 25.0 Å². The fourth-order valence-corrected chi connectivity index (χ4v) is 1.85. The summed E-state index contributed by atoms with van der Waals surface area (Å²) in [6.45, 7) is 1.53. The van der Waals surface area contributed by atoms with Crippen molar-refractivity contribution >= 4 is 41.2 Å². The number of carbonyl (C=O) groups is 2. The number of carbonyl (C=O) groups excluding carboxylic acids is 2. The van der Waals surface area contributed by atoms with Crippen molar-refractivity contribution in [3.05, 3.63) is 39.9 Å². The van der Waals surface area contributed by atoms with E-state index in [0.717, 1.165) is 0 Å². The fraction of sp³-hybridized carbons (Fsp3) is 0.231. The van der Waals surface area contributed by atoms with Gasteiger partial charge in [0.2, 0.25) is 5.91 Å². The number of esters is 1. The van der Waals surface area contributed by atoms with Crippen molar-refractivity contribution in [2.45, 2.75) is 13.0 Å². The maximum Gasteiger partial charge on any atom is 0.328 e. The first-order valence-corrected chi connectivity index (χ1v) is 6.21. The molecule has 1 aromatic rings. The SMILES string of the molecule is COC(=O)[C@@H](C)NC(=O)/C=C/c1c(Cl)cccc1Cl. The zero-order valence-electron chi connectivity index (χ0n) is 10.4. The van der Waals surface area contributed by atoms with E-state index in [0.29, 0.717) is 15.6 Å². The molecule has 0 aliphatic heterocycles. The lowest BCUT2D eigenvalue weighted by Gasteiger charge is -2.09. The van der Waals surface area contributed by atoms with Gasteiger partial charge in [-0.05, 0) is 25.1 Å². The molecular formula is C13H13Cl2NO3. The number of hydrogen-bond acceptors (Lipinski definition) is 3. The van der Waals surface area contributed by atoms with Crippen molar-refractivity contribution in [1.82, 2.24) is 5.32 Å². The van der Waals surface area contributed by atoms with Crippen LogP contribution in [0.4, 0.5) is 0 Å². The molecule has 0 bridgehead atoms. The summed E-state index contributed by atoms with van der Waals surface area (Å²) in [6, 6.07) is 4.33. The minimum atomic E-state index is -0.719. The van der Waals surface area contributed by atoms with Crippen LogP contribution in [-0.2, 0) is 14.3 Å².